The highest BCUT2D eigenvalue weighted by Crippen LogP contribution is 2.38. The van der Waals surface area contributed by atoms with E-state index in [0.717, 1.165) is 23.0 Å². The van der Waals surface area contributed by atoms with Crippen molar-refractivity contribution in [1.82, 2.24) is 9.47 Å². The van der Waals surface area contributed by atoms with Gasteiger partial charge in [-0.05, 0) is 24.5 Å². The summed E-state index contributed by atoms with van der Waals surface area (Å²) >= 11 is 0. The molecule has 2 aliphatic rings. The topological polar surface area (TPSA) is 60.8 Å². The Morgan fingerprint density at radius 3 is 2.29 bits per heavy atom. The van der Waals surface area contributed by atoms with Crippen molar-refractivity contribution < 1.29 is 32.2 Å². The molecule has 9 heteroatoms. The van der Waals surface area contributed by atoms with Crippen LogP contribution in [0.5, 0.6) is 0 Å². The number of esters is 1. The summed E-state index contributed by atoms with van der Waals surface area (Å²) in [5.74, 6) is -0.647. The minimum Gasteiger partial charge on any atom is -0.459 e. The summed E-state index contributed by atoms with van der Waals surface area (Å²) in [6.07, 6.45) is -1.44. The first kappa shape index (κ1) is 23.3. The number of amides is 1. The number of carbonyl (C=O) groups excluding carboxylic acids is 2. The van der Waals surface area contributed by atoms with Crippen LogP contribution in [0, 0.1) is 0 Å². The van der Waals surface area contributed by atoms with Crippen molar-refractivity contribution in [1.29, 1.82) is 0 Å². The van der Waals surface area contributed by atoms with E-state index in [0.29, 0.717) is 23.7 Å². The zero-order valence-corrected chi connectivity index (χ0v) is 18.9. The Hall–Kier alpha value is -3.49. The lowest BCUT2D eigenvalue weighted by atomic mass is 10.00. The number of carbonyl (C=O) groups is 2. The van der Waals surface area contributed by atoms with Gasteiger partial charge in [0.1, 0.15) is 19.3 Å². The van der Waals surface area contributed by atoms with Gasteiger partial charge in [0.05, 0.1) is 5.56 Å². The highest BCUT2D eigenvalue weighted by atomic mass is 19.4. The number of para-hydroxylation sites is 1. The molecule has 1 amide bonds. The minimum atomic E-state index is -4.41. The van der Waals surface area contributed by atoms with E-state index in [-0.39, 0.29) is 30.3 Å². The summed E-state index contributed by atoms with van der Waals surface area (Å²) in [7, 11) is 0. The van der Waals surface area contributed by atoms with E-state index in [1.807, 2.05) is 30.3 Å². The molecule has 2 aliphatic heterocycles. The van der Waals surface area contributed by atoms with Crippen LogP contribution < -0.4 is 0 Å². The number of ether oxygens (including phenoxy) is 2. The number of hydrogen-bond donors (Lipinski definition) is 0. The van der Waals surface area contributed by atoms with Crippen LogP contribution >= 0.6 is 0 Å². The number of alkyl halides is 3. The molecular weight excluding hydrogens is 461 g/mol. The summed E-state index contributed by atoms with van der Waals surface area (Å²) in [6, 6.07) is 15.7. The fourth-order valence-electron chi connectivity index (χ4n) is 5.26. The Balaban J connectivity index is 1.24. The average molecular weight is 486 g/mol. The molecule has 5 rings (SSSR count). The summed E-state index contributed by atoms with van der Waals surface area (Å²) in [5.41, 5.74) is 1.34. The van der Waals surface area contributed by atoms with Crippen LogP contribution in [0.25, 0.3) is 10.9 Å². The molecule has 2 fully saturated rings. The molecule has 3 aromatic rings. The molecule has 0 spiro atoms. The lowest BCUT2D eigenvalue weighted by Crippen LogP contribution is -2.49. The molecule has 0 radical (unpaired) electrons. The summed E-state index contributed by atoms with van der Waals surface area (Å²) in [5, 5.41) is 0.423. The third-order valence-electron chi connectivity index (χ3n) is 6.74. The lowest BCUT2D eigenvalue weighted by molar-refractivity contribution is -0.139. The predicted molar refractivity (Wildman–Crippen MR) is 122 cm³/mol. The Morgan fingerprint density at radius 2 is 1.60 bits per heavy atom. The standard InChI is InChI=1S/C26H25F3N2O4/c27-26(28,29)16-30-14-22(21-8-4-5-9-23(21)30)24(32)35-20-12-18-10-11-19(13-20)31(18)25(33)34-15-17-6-2-1-3-7-17/h1-9,14,18-20H,10-13,15-16H2. The number of benzene rings is 2. The van der Waals surface area contributed by atoms with Gasteiger partial charge in [-0.1, -0.05) is 48.5 Å². The van der Waals surface area contributed by atoms with Crippen LogP contribution in [0.3, 0.4) is 0 Å². The Morgan fingerprint density at radius 1 is 0.943 bits per heavy atom. The minimum absolute atomic E-state index is 0.0959. The number of aromatic nitrogens is 1. The third-order valence-corrected chi connectivity index (χ3v) is 6.74. The Bertz CT molecular complexity index is 1210. The van der Waals surface area contributed by atoms with Crippen LogP contribution in [0.1, 0.15) is 41.6 Å². The largest absolute Gasteiger partial charge is 0.459 e. The normalized spacial score (nSPS) is 21.8. The van der Waals surface area contributed by atoms with Crippen molar-refractivity contribution >= 4 is 23.0 Å². The second-order valence-electron chi connectivity index (χ2n) is 9.13. The molecule has 2 saturated heterocycles. The van der Waals surface area contributed by atoms with Crippen molar-refractivity contribution in [2.45, 2.75) is 63.2 Å². The molecular formula is C26H25F3N2O4. The summed E-state index contributed by atoms with van der Waals surface area (Å²) in [4.78, 5) is 27.5. The van der Waals surface area contributed by atoms with E-state index in [9.17, 15) is 22.8 Å². The van der Waals surface area contributed by atoms with Gasteiger partial charge in [-0.2, -0.15) is 13.2 Å². The molecule has 6 nitrogen and oxygen atoms in total. The number of halogens is 3. The molecule has 2 bridgehead atoms. The Labute approximate surface area is 200 Å². The quantitative estimate of drug-likeness (QED) is 0.435. The first-order valence-electron chi connectivity index (χ1n) is 11.6. The van der Waals surface area contributed by atoms with Crippen molar-refractivity contribution in [2.24, 2.45) is 0 Å². The van der Waals surface area contributed by atoms with Gasteiger partial charge >= 0.3 is 18.2 Å². The van der Waals surface area contributed by atoms with E-state index < -0.39 is 24.8 Å². The highest BCUT2D eigenvalue weighted by molar-refractivity contribution is 6.04. The molecule has 0 aliphatic carbocycles. The molecule has 0 N–H and O–H groups in total. The second-order valence-corrected chi connectivity index (χ2v) is 9.13. The Kier molecular flexibility index (Phi) is 6.17. The van der Waals surface area contributed by atoms with Gasteiger partial charge in [0.2, 0.25) is 0 Å². The van der Waals surface area contributed by atoms with Crippen molar-refractivity contribution in [3.05, 3.63) is 71.9 Å². The fraction of sp³-hybridized carbons (Fsp3) is 0.385. The molecule has 184 valence electrons. The van der Waals surface area contributed by atoms with E-state index in [1.165, 1.54) is 6.20 Å². The molecule has 35 heavy (non-hydrogen) atoms. The van der Waals surface area contributed by atoms with Crippen LogP contribution in [-0.4, -0.2) is 45.9 Å². The van der Waals surface area contributed by atoms with Crippen molar-refractivity contribution in [2.75, 3.05) is 0 Å². The van der Waals surface area contributed by atoms with E-state index in [1.54, 1.807) is 29.2 Å². The maximum atomic E-state index is 13.0. The SMILES string of the molecule is O=C(OC1CC2CCC(C1)N2C(=O)OCc1ccccc1)c1cn(CC(F)(F)F)c2ccccc12. The van der Waals surface area contributed by atoms with Crippen LogP contribution in [-0.2, 0) is 22.6 Å². The highest BCUT2D eigenvalue weighted by Gasteiger charge is 2.45. The molecule has 2 aromatic carbocycles. The van der Waals surface area contributed by atoms with Gasteiger partial charge in [-0.15, -0.1) is 0 Å². The molecule has 3 heterocycles. The molecule has 2 atom stereocenters. The zero-order valence-electron chi connectivity index (χ0n) is 18.9. The van der Waals surface area contributed by atoms with Gasteiger partial charge in [0.15, 0.2) is 0 Å². The van der Waals surface area contributed by atoms with Crippen LogP contribution in [0.2, 0.25) is 0 Å². The first-order chi connectivity index (χ1) is 16.8. The molecule has 0 saturated carbocycles. The second kappa shape index (κ2) is 9.28. The van der Waals surface area contributed by atoms with Gasteiger partial charge in [-0.25, -0.2) is 9.59 Å². The fourth-order valence-corrected chi connectivity index (χ4v) is 5.26. The van der Waals surface area contributed by atoms with Crippen LogP contribution in [0.4, 0.5) is 18.0 Å². The average Bonchev–Trinajstić information content (AvgIpc) is 3.32. The van der Waals surface area contributed by atoms with Gasteiger partial charge < -0.3 is 18.9 Å². The monoisotopic (exact) mass is 486 g/mol. The lowest BCUT2D eigenvalue weighted by Gasteiger charge is -2.37. The van der Waals surface area contributed by atoms with E-state index >= 15 is 0 Å². The third kappa shape index (κ3) is 4.99. The first-order valence-corrected chi connectivity index (χ1v) is 11.6. The number of piperidine rings is 1. The molecule has 2 unspecified atom stereocenters. The van der Waals surface area contributed by atoms with Gasteiger partial charge in [0, 0.05) is 42.0 Å². The zero-order chi connectivity index (χ0) is 24.6. The number of nitrogens with zero attached hydrogens (tertiary/aromatic N) is 2. The summed E-state index contributed by atoms with van der Waals surface area (Å²) in [6.45, 7) is -0.996. The summed E-state index contributed by atoms with van der Waals surface area (Å²) < 4.78 is 51.4. The van der Waals surface area contributed by atoms with Gasteiger partial charge in [-0.3, -0.25) is 0 Å². The van der Waals surface area contributed by atoms with Crippen molar-refractivity contribution in [3.8, 4) is 0 Å². The maximum Gasteiger partial charge on any atom is 0.410 e. The smallest absolute Gasteiger partial charge is 0.410 e. The van der Waals surface area contributed by atoms with Crippen molar-refractivity contribution in [3.63, 3.8) is 0 Å². The van der Waals surface area contributed by atoms with Gasteiger partial charge in [0.25, 0.3) is 0 Å². The van der Waals surface area contributed by atoms with Crippen LogP contribution in [0.15, 0.2) is 60.8 Å². The van der Waals surface area contributed by atoms with E-state index in [2.05, 4.69) is 0 Å². The van der Waals surface area contributed by atoms with E-state index in [4.69, 9.17) is 9.47 Å². The molecule has 1 aromatic heterocycles. The number of rotatable bonds is 5. The number of fused-ring (bicyclic) bond motifs is 3. The predicted octanol–water partition coefficient (Wildman–Crippen LogP) is 5.69. The maximum absolute atomic E-state index is 13.0. The number of hydrogen-bond acceptors (Lipinski definition) is 4.